The average molecular weight is 668 g/mol. The van der Waals surface area contributed by atoms with E-state index in [1.54, 1.807) is 36.7 Å². The Morgan fingerprint density at radius 1 is 1.13 bits per heavy atom. The zero-order valence-electron chi connectivity index (χ0n) is 24.7. The van der Waals surface area contributed by atoms with Gasteiger partial charge in [-0.2, -0.15) is 18.2 Å². The predicted octanol–water partition coefficient (Wildman–Crippen LogP) is 2.31. The number of carboxylic acid groups (broad SMARTS) is 2. The number of ether oxygens (including phenoxy) is 2. The van der Waals surface area contributed by atoms with Crippen LogP contribution < -0.4 is 21.6 Å². The third kappa shape index (κ3) is 12.1. The number of aromatic amines is 1. The Morgan fingerprint density at radius 3 is 2.40 bits per heavy atom. The maximum atomic E-state index is 12.9. The molecule has 254 valence electrons. The molecule has 1 aliphatic rings. The minimum atomic E-state index is -5.08. The molecule has 19 heteroatoms. The fourth-order valence-corrected chi connectivity index (χ4v) is 4.20. The number of amides is 2. The number of carbonyl (C=O) groups excluding carboxylic acids is 2. The molecule has 1 saturated heterocycles. The van der Waals surface area contributed by atoms with Crippen molar-refractivity contribution in [3.8, 4) is 0 Å². The molecule has 0 saturated carbocycles. The van der Waals surface area contributed by atoms with Crippen LogP contribution in [-0.4, -0.2) is 85.6 Å². The van der Waals surface area contributed by atoms with E-state index in [0.29, 0.717) is 43.4 Å². The summed E-state index contributed by atoms with van der Waals surface area (Å²) >= 11 is 0. The van der Waals surface area contributed by atoms with Gasteiger partial charge in [-0.3, -0.25) is 14.7 Å². The van der Waals surface area contributed by atoms with E-state index in [1.807, 2.05) is 6.07 Å². The van der Waals surface area contributed by atoms with Crippen LogP contribution in [-0.2, 0) is 37.0 Å². The number of carboxylic acids is 2. The van der Waals surface area contributed by atoms with Crippen molar-refractivity contribution in [2.24, 2.45) is 0 Å². The lowest BCUT2D eigenvalue weighted by molar-refractivity contribution is -0.192. The van der Waals surface area contributed by atoms with E-state index in [1.165, 1.54) is 6.20 Å². The van der Waals surface area contributed by atoms with Gasteiger partial charge < -0.3 is 35.3 Å². The lowest BCUT2D eigenvalue weighted by atomic mass is 9.93. The second-order valence-electron chi connectivity index (χ2n) is 9.93. The monoisotopic (exact) mass is 667 g/mol. The molecule has 0 bridgehead atoms. The van der Waals surface area contributed by atoms with Crippen LogP contribution in [0.3, 0.4) is 0 Å². The number of halogens is 3. The standard InChI is InChI=1S/C26H31N7O7.C2HF3O2/c34-21(31-24-28-10-11-29-24)6-9-27-22-19(18-7-12-39-13-8-18)14-33(25(37)32-22)15-20(23(35)36)30-26(38)40-16-17-4-2-1-3-5-17;3-2(4,5)1(6)7/h1-5,10-11,14,18,20H,6-9,12-13,15-16H2,(H,30,38)(H,35,36)(H,27,32,37)(H2,28,29,31,34);(H,6,7)/t20-;/m0./s1. The number of aromatic nitrogens is 4. The summed E-state index contributed by atoms with van der Waals surface area (Å²) in [7, 11) is 0. The smallest absolute Gasteiger partial charge is 0.480 e. The zero-order chi connectivity index (χ0) is 34.4. The van der Waals surface area contributed by atoms with Crippen molar-refractivity contribution in [1.82, 2.24) is 24.8 Å². The molecule has 1 fully saturated rings. The van der Waals surface area contributed by atoms with Crippen LogP contribution in [0.2, 0.25) is 0 Å². The molecule has 0 spiro atoms. The van der Waals surface area contributed by atoms with Crippen molar-refractivity contribution in [3.05, 3.63) is 70.5 Å². The summed E-state index contributed by atoms with van der Waals surface area (Å²) in [5.74, 6) is -3.72. The molecule has 0 unspecified atom stereocenters. The van der Waals surface area contributed by atoms with Gasteiger partial charge in [0.05, 0.1) is 6.54 Å². The molecule has 0 aliphatic carbocycles. The third-order valence-electron chi connectivity index (χ3n) is 6.51. The maximum absolute atomic E-state index is 12.9. The van der Waals surface area contributed by atoms with Crippen LogP contribution in [0.15, 0.2) is 53.7 Å². The fourth-order valence-electron chi connectivity index (χ4n) is 4.20. The second-order valence-corrected chi connectivity index (χ2v) is 9.93. The summed E-state index contributed by atoms with van der Waals surface area (Å²) in [5, 5.41) is 24.8. The normalized spacial score (nSPS) is 13.8. The van der Waals surface area contributed by atoms with Crippen LogP contribution in [0.4, 0.5) is 29.7 Å². The molecule has 4 rings (SSSR count). The van der Waals surface area contributed by atoms with E-state index in [2.05, 4.69) is 30.9 Å². The number of hydrogen-bond donors (Lipinski definition) is 6. The predicted molar refractivity (Wildman–Crippen MR) is 156 cm³/mol. The van der Waals surface area contributed by atoms with Gasteiger partial charge in [-0.1, -0.05) is 30.3 Å². The number of benzene rings is 1. The first-order valence-corrected chi connectivity index (χ1v) is 14.1. The van der Waals surface area contributed by atoms with Crippen LogP contribution >= 0.6 is 0 Å². The number of alkyl carbamates (subject to hydrolysis) is 1. The number of carbonyl (C=O) groups is 4. The van der Waals surface area contributed by atoms with Crippen molar-refractivity contribution in [2.45, 2.75) is 50.6 Å². The van der Waals surface area contributed by atoms with Crippen molar-refractivity contribution < 1.29 is 52.0 Å². The van der Waals surface area contributed by atoms with E-state index in [9.17, 15) is 37.5 Å². The molecule has 16 nitrogen and oxygen atoms in total. The lowest BCUT2D eigenvalue weighted by Crippen LogP contribution is -2.46. The third-order valence-corrected chi connectivity index (χ3v) is 6.51. The van der Waals surface area contributed by atoms with Gasteiger partial charge in [0.2, 0.25) is 11.9 Å². The Kier molecular flexibility index (Phi) is 13.3. The van der Waals surface area contributed by atoms with Gasteiger partial charge in [0.25, 0.3) is 0 Å². The number of anilines is 2. The van der Waals surface area contributed by atoms with Crippen LogP contribution in [0, 0.1) is 0 Å². The van der Waals surface area contributed by atoms with Gasteiger partial charge in [0.15, 0.2) is 0 Å². The van der Waals surface area contributed by atoms with Gasteiger partial charge in [0, 0.05) is 50.3 Å². The highest BCUT2D eigenvalue weighted by Gasteiger charge is 2.38. The van der Waals surface area contributed by atoms with Gasteiger partial charge in [-0.15, -0.1) is 0 Å². The van der Waals surface area contributed by atoms with Crippen molar-refractivity contribution >= 4 is 35.7 Å². The lowest BCUT2D eigenvalue weighted by Gasteiger charge is -2.25. The summed E-state index contributed by atoms with van der Waals surface area (Å²) in [6, 6.07) is 7.51. The van der Waals surface area contributed by atoms with Crippen molar-refractivity contribution in [3.63, 3.8) is 0 Å². The highest BCUT2D eigenvalue weighted by molar-refractivity contribution is 5.89. The van der Waals surface area contributed by atoms with E-state index in [0.717, 1.165) is 10.1 Å². The SMILES string of the molecule is O=C(CCNc1nc(=O)n(C[C@H](NC(=O)OCc2ccccc2)C(=O)O)cc1C1CCOCC1)Nc1ncc[nH]1.O=C(O)C(F)(F)F. The molecule has 1 aromatic carbocycles. The van der Waals surface area contributed by atoms with E-state index in [-0.39, 0.29) is 37.9 Å². The summed E-state index contributed by atoms with van der Waals surface area (Å²) in [6.45, 7) is 0.868. The average Bonchev–Trinajstić information content (AvgIpc) is 3.54. The number of imidazole rings is 1. The Morgan fingerprint density at radius 2 is 1.81 bits per heavy atom. The van der Waals surface area contributed by atoms with E-state index in [4.69, 9.17) is 19.4 Å². The first-order chi connectivity index (χ1) is 22.3. The Balaban J connectivity index is 0.000000771. The first kappa shape index (κ1) is 36.0. The summed E-state index contributed by atoms with van der Waals surface area (Å²) in [6.07, 6.45) is 0.113. The van der Waals surface area contributed by atoms with Crippen LogP contribution in [0.1, 0.15) is 36.3 Å². The zero-order valence-corrected chi connectivity index (χ0v) is 24.7. The molecule has 1 atom stereocenters. The molecular weight excluding hydrogens is 635 g/mol. The number of nitrogens with one attached hydrogen (secondary N) is 4. The number of alkyl halides is 3. The molecule has 47 heavy (non-hydrogen) atoms. The molecule has 2 aromatic heterocycles. The van der Waals surface area contributed by atoms with Gasteiger partial charge >= 0.3 is 29.9 Å². The largest absolute Gasteiger partial charge is 0.490 e. The van der Waals surface area contributed by atoms with Gasteiger partial charge in [0.1, 0.15) is 18.5 Å². The van der Waals surface area contributed by atoms with Crippen molar-refractivity contribution in [2.75, 3.05) is 30.4 Å². The number of nitrogens with zero attached hydrogens (tertiary/aromatic N) is 3. The van der Waals surface area contributed by atoms with Crippen LogP contribution in [0.5, 0.6) is 0 Å². The summed E-state index contributed by atoms with van der Waals surface area (Å²) in [4.78, 5) is 69.1. The Hall–Kier alpha value is -5.46. The Labute approximate surface area is 264 Å². The van der Waals surface area contributed by atoms with Crippen molar-refractivity contribution in [1.29, 1.82) is 0 Å². The minimum Gasteiger partial charge on any atom is -0.480 e. The van der Waals surface area contributed by atoms with E-state index < -0.39 is 35.9 Å². The summed E-state index contributed by atoms with van der Waals surface area (Å²) < 4.78 is 43.5. The molecule has 1 aliphatic heterocycles. The van der Waals surface area contributed by atoms with E-state index >= 15 is 0 Å². The molecule has 3 heterocycles. The summed E-state index contributed by atoms with van der Waals surface area (Å²) in [5.41, 5.74) is 0.738. The first-order valence-electron chi connectivity index (χ1n) is 14.1. The van der Waals surface area contributed by atoms with Gasteiger partial charge in [-0.05, 0) is 24.3 Å². The fraction of sp³-hybridized carbons (Fsp3) is 0.393. The number of hydrogen-bond acceptors (Lipinski definition) is 10. The number of rotatable bonds is 12. The van der Waals surface area contributed by atoms with Gasteiger partial charge in [-0.25, -0.2) is 24.2 Å². The number of aliphatic carboxylic acids is 2. The topological polar surface area (TPSA) is 227 Å². The van der Waals surface area contributed by atoms with Crippen LogP contribution in [0.25, 0.3) is 0 Å². The molecule has 2 amide bonds. The molecule has 6 N–H and O–H groups in total. The highest BCUT2D eigenvalue weighted by Crippen LogP contribution is 2.30. The minimum absolute atomic E-state index is 0.000352. The second kappa shape index (κ2) is 17.3. The molecular formula is C28H32F3N7O9. The Bertz CT molecular complexity index is 1550. The number of H-pyrrole nitrogens is 1. The maximum Gasteiger partial charge on any atom is 0.490 e. The highest BCUT2D eigenvalue weighted by atomic mass is 19.4. The molecule has 3 aromatic rings. The molecule has 0 radical (unpaired) electrons. The quantitative estimate of drug-likeness (QED) is 0.164.